The average Bonchev–Trinajstić information content (AvgIpc) is 3.09. The van der Waals surface area contributed by atoms with Gasteiger partial charge in [0.2, 0.25) is 5.60 Å². The molecule has 0 spiro atoms. The number of hydrogen-bond acceptors (Lipinski definition) is 5. The van der Waals surface area contributed by atoms with E-state index in [9.17, 15) is 41.0 Å². The van der Waals surface area contributed by atoms with Gasteiger partial charge >= 0.3 is 12.4 Å². The van der Waals surface area contributed by atoms with Gasteiger partial charge in [-0.25, -0.2) is 0 Å². The summed E-state index contributed by atoms with van der Waals surface area (Å²) in [6.07, 6.45) is -9.32. The van der Waals surface area contributed by atoms with E-state index >= 15 is 0 Å². The van der Waals surface area contributed by atoms with Gasteiger partial charge in [-0.15, -0.1) is 0 Å². The first kappa shape index (κ1) is 25.0. The molecule has 36 heavy (non-hydrogen) atoms. The molecule has 2 N–H and O–H groups in total. The molecule has 1 atom stereocenters. The molecule has 1 aliphatic rings. The molecule has 0 bridgehead atoms. The number of Topliss-reactive ketones (excluding diaryl/α,β-unsaturated/α-hetero) is 1. The van der Waals surface area contributed by atoms with Crippen LogP contribution in [-0.4, -0.2) is 27.0 Å². The molecule has 1 aliphatic heterocycles. The Morgan fingerprint density at radius 1 is 0.833 bits per heavy atom. The van der Waals surface area contributed by atoms with E-state index in [1.165, 1.54) is 12.1 Å². The quantitative estimate of drug-likeness (QED) is 0.403. The minimum absolute atomic E-state index is 0.0531. The third-order valence-electron chi connectivity index (χ3n) is 5.55. The van der Waals surface area contributed by atoms with Gasteiger partial charge in [0.15, 0.2) is 5.78 Å². The Hall–Kier alpha value is -4.06. The fraction of sp³-hybridized carbons (Fsp3) is 0.167. The molecule has 1 unspecified atom stereocenters. The Balaban J connectivity index is 1.90. The maximum Gasteiger partial charge on any atom is 0.416 e. The summed E-state index contributed by atoms with van der Waals surface area (Å²) in [5.41, 5.74) is -5.99. The number of aromatic nitrogens is 2. The van der Waals surface area contributed by atoms with Crippen molar-refractivity contribution in [2.45, 2.75) is 24.9 Å². The SMILES string of the molecule is Cc1ccc(C2(O)C(=O)NC(c3ccc(C(F)(F)F)cc3)=C2C(=O)c2ccc(C(F)(F)F)cc2)nn1. The van der Waals surface area contributed by atoms with Gasteiger partial charge in [-0.05, 0) is 48.9 Å². The highest BCUT2D eigenvalue weighted by atomic mass is 19.4. The second kappa shape index (κ2) is 8.55. The summed E-state index contributed by atoms with van der Waals surface area (Å²) >= 11 is 0. The molecule has 1 aromatic heterocycles. The van der Waals surface area contributed by atoms with Crippen LogP contribution in [0.4, 0.5) is 26.3 Å². The third kappa shape index (κ3) is 4.35. The number of benzene rings is 2. The van der Waals surface area contributed by atoms with Crippen molar-refractivity contribution in [3.63, 3.8) is 0 Å². The molecule has 0 saturated carbocycles. The van der Waals surface area contributed by atoms with Crippen LogP contribution in [0, 0.1) is 6.92 Å². The Morgan fingerprint density at radius 3 is 1.83 bits per heavy atom. The van der Waals surface area contributed by atoms with Crippen LogP contribution in [0.1, 0.15) is 38.4 Å². The number of hydrogen-bond donors (Lipinski definition) is 2. The molecule has 2 heterocycles. The number of carbonyl (C=O) groups is 2. The number of rotatable bonds is 4. The van der Waals surface area contributed by atoms with Crippen molar-refractivity contribution >= 4 is 17.4 Å². The number of halogens is 6. The second-order valence-electron chi connectivity index (χ2n) is 7.95. The lowest BCUT2D eigenvalue weighted by atomic mass is 9.84. The van der Waals surface area contributed by atoms with Crippen molar-refractivity contribution in [1.29, 1.82) is 0 Å². The zero-order chi connectivity index (χ0) is 26.5. The van der Waals surface area contributed by atoms with Crippen molar-refractivity contribution in [2.75, 3.05) is 0 Å². The van der Waals surface area contributed by atoms with Crippen molar-refractivity contribution in [3.05, 3.63) is 99.9 Å². The lowest BCUT2D eigenvalue weighted by molar-refractivity contribution is -0.138. The summed E-state index contributed by atoms with van der Waals surface area (Å²) in [7, 11) is 0. The van der Waals surface area contributed by atoms with Crippen LogP contribution in [0.15, 0.2) is 66.2 Å². The number of alkyl halides is 6. The molecule has 0 fully saturated rings. The lowest BCUT2D eigenvalue weighted by Gasteiger charge is -2.22. The molecule has 0 radical (unpaired) electrons. The number of nitrogens with one attached hydrogen (secondary N) is 1. The molecule has 0 saturated heterocycles. The predicted molar refractivity (Wildman–Crippen MR) is 113 cm³/mol. The molecule has 186 valence electrons. The standard InChI is InChI=1S/C24H15F6N3O3/c1-12-2-11-17(33-32-12)22(36)18(20(34)14-5-9-16(10-6-14)24(28,29)30)19(31-21(22)35)13-3-7-15(8-4-13)23(25,26)27/h2-11,36H,1H3,(H,31,35). The molecule has 1 amide bonds. The topological polar surface area (TPSA) is 92.2 Å². The third-order valence-corrected chi connectivity index (χ3v) is 5.55. The zero-order valence-corrected chi connectivity index (χ0v) is 18.2. The molecular formula is C24H15F6N3O3. The molecule has 0 aliphatic carbocycles. The van der Waals surface area contributed by atoms with E-state index in [2.05, 4.69) is 15.5 Å². The van der Waals surface area contributed by atoms with Crippen molar-refractivity contribution in [1.82, 2.24) is 15.5 Å². The minimum Gasteiger partial charge on any atom is -0.370 e. The summed E-state index contributed by atoms with van der Waals surface area (Å²) in [6, 6.07) is 9.10. The number of amides is 1. The summed E-state index contributed by atoms with van der Waals surface area (Å²) < 4.78 is 77.9. The molecular weight excluding hydrogens is 492 g/mol. The van der Waals surface area contributed by atoms with E-state index < -0.39 is 46.3 Å². The average molecular weight is 507 g/mol. The minimum atomic E-state index is -4.67. The molecule has 3 aromatic rings. The van der Waals surface area contributed by atoms with Crippen LogP contribution in [0.2, 0.25) is 0 Å². The van der Waals surface area contributed by atoms with Crippen LogP contribution >= 0.6 is 0 Å². The van der Waals surface area contributed by atoms with Gasteiger partial charge in [0.05, 0.1) is 28.1 Å². The fourth-order valence-corrected chi connectivity index (χ4v) is 3.67. The number of nitrogens with zero attached hydrogens (tertiary/aromatic N) is 2. The van der Waals surface area contributed by atoms with E-state index in [1.54, 1.807) is 6.92 Å². The van der Waals surface area contributed by atoms with Gasteiger partial charge in [0.25, 0.3) is 5.91 Å². The van der Waals surface area contributed by atoms with Crippen LogP contribution < -0.4 is 5.32 Å². The Labute approximate surface area is 199 Å². The van der Waals surface area contributed by atoms with Crippen molar-refractivity contribution in [3.8, 4) is 0 Å². The van der Waals surface area contributed by atoms with Crippen LogP contribution in [0.5, 0.6) is 0 Å². The second-order valence-corrected chi connectivity index (χ2v) is 7.95. The van der Waals surface area contributed by atoms with Crippen molar-refractivity contribution < 1.29 is 41.0 Å². The van der Waals surface area contributed by atoms with Crippen molar-refractivity contribution in [2.24, 2.45) is 0 Å². The van der Waals surface area contributed by atoms with Gasteiger partial charge in [-0.1, -0.05) is 24.3 Å². The van der Waals surface area contributed by atoms with E-state index in [1.807, 2.05) is 0 Å². The number of aliphatic hydroxyl groups is 1. The normalized spacial score (nSPS) is 18.4. The summed E-state index contributed by atoms with van der Waals surface area (Å²) in [5, 5.41) is 21.3. The van der Waals surface area contributed by atoms with Gasteiger partial charge in [-0.2, -0.15) is 36.5 Å². The van der Waals surface area contributed by atoms with Gasteiger partial charge in [0.1, 0.15) is 5.69 Å². The Bertz CT molecular complexity index is 1360. The van der Waals surface area contributed by atoms with Crippen LogP contribution in [-0.2, 0) is 22.7 Å². The molecule has 12 heteroatoms. The monoisotopic (exact) mass is 507 g/mol. The van der Waals surface area contributed by atoms with Crippen LogP contribution in [0.25, 0.3) is 5.70 Å². The summed E-state index contributed by atoms with van der Waals surface area (Å²) in [6.45, 7) is 1.58. The molecule has 2 aromatic carbocycles. The fourth-order valence-electron chi connectivity index (χ4n) is 3.67. The largest absolute Gasteiger partial charge is 0.416 e. The molecule has 4 rings (SSSR count). The van der Waals surface area contributed by atoms with E-state index in [-0.39, 0.29) is 22.5 Å². The van der Waals surface area contributed by atoms with Crippen LogP contribution in [0.3, 0.4) is 0 Å². The first-order chi connectivity index (χ1) is 16.7. The van der Waals surface area contributed by atoms with E-state index in [4.69, 9.17) is 0 Å². The van der Waals surface area contributed by atoms with E-state index in [0.29, 0.717) is 17.8 Å². The maximum atomic E-state index is 13.5. The summed E-state index contributed by atoms with van der Waals surface area (Å²) in [4.78, 5) is 26.5. The predicted octanol–water partition coefficient (Wildman–Crippen LogP) is 4.43. The number of ketones is 1. The van der Waals surface area contributed by atoms with Gasteiger partial charge < -0.3 is 10.4 Å². The lowest BCUT2D eigenvalue weighted by Crippen LogP contribution is -2.41. The zero-order valence-electron chi connectivity index (χ0n) is 18.2. The highest BCUT2D eigenvalue weighted by Crippen LogP contribution is 2.41. The Kier molecular flexibility index (Phi) is 5.95. The van der Waals surface area contributed by atoms with Gasteiger partial charge in [0, 0.05) is 5.56 Å². The maximum absolute atomic E-state index is 13.5. The van der Waals surface area contributed by atoms with E-state index in [0.717, 1.165) is 36.4 Å². The Morgan fingerprint density at radius 2 is 1.36 bits per heavy atom. The highest BCUT2D eigenvalue weighted by molar-refractivity contribution is 6.22. The van der Waals surface area contributed by atoms with Gasteiger partial charge in [-0.3, -0.25) is 9.59 Å². The first-order valence-corrected chi connectivity index (χ1v) is 10.2. The smallest absolute Gasteiger partial charge is 0.370 e. The molecule has 6 nitrogen and oxygen atoms in total. The highest BCUT2D eigenvalue weighted by Gasteiger charge is 2.53. The number of aryl methyl sites for hydroxylation is 1. The summed E-state index contributed by atoms with van der Waals surface area (Å²) in [5.74, 6) is -2.17. The first-order valence-electron chi connectivity index (χ1n) is 10.2. The number of carbonyl (C=O) groups excluding carboxylic acids is 2.